The molecule has 1 aliphatic heterocycles. The second-order valence-electron chi connectivity index (χ2n) is 9.66. The Hall–Kier alpha value is -2.83. The van der Waals surface area contributed by atoms with Gasteiger partial charge >= 0.3 is 12.1 Å². The number of carboxylic acid groups (broad SMARTS) is 1. The molecule has 1 N–H and O–H groups in total. The summed E-state index contributed by atoms with van der Waals surface area (Å²) in [5.41, 5.74) is 2.47. The minimum atomic E-state index is -0.989. The number of fused-ring (bicyclic) bond motifs is 1. The molecule has 2 aliphatic rings. The third-order valence-corrected chi connectivity index (χ3v) is 5.93. The number of nitrogens with zero attached hydrogens (tertiary/aromatic N) is 2. The van der Waals surface area contributed by atoms with Crippen molar-refractivity contribution >= 4 is 23.0 Å². The zero-order chi connectivity index (χ0) is 22.3. The van der Waals surface area contributed by atoms with Gasteiger partial charge in [0.15, 0.2) is 0 Å². The molecule has 1 amide bonds. The number of pyridine rings is 1. The second-order valence-corrected chi connectivity index (χ2v) is 9.66. The number of carboxylic acids is 1. The molecular formula is C24H30N2O5. The van der Waals surface area contributed by atoms with Crippen molar-refractivity contribution in [3.63, 3.8) is 0 Å². The SMILES string of the molecule is COc1ccc2c(C[C@@H]3C[C@@H](C(=O)O)N(C(=O)OC(C)(C)C)C3)cc(C3CC3)nc2c1. The fourth-order valence-electron chi connectivity index (χ4n) is 4.33. The Morgan fingerprint density at radius 3 is 2.58 bits per heavy atom. The smallest absolute Gasteiger partial charge is 0.411 e. The molecule has 1 aliphatic carbocycles. The van der Waals surface area contributed by atoms with Gasteiger partial charge in [0, 0.05) is 29.6 Å². The van der Waals surface area contributed by atoms with E-state index in [1.165, 1.54) is 4.90 Å². The predicted octanol–water partition coefficient (Wildman–Crippen LogP) is 4.37. The maximum Gasteiger partial charge on any atom is 0.411 e. The van der Waals surface area contributed by atoms with Crippen molar-refractivity contribution in [1.82, 2.24) is 9.88 Å². The lowest BCUT2D eigenvalue weighted by Crippen LogP contribution is -2.43. The first-order valence-corrected chi connectivity index (χ1v) is 10.8. The number of likely N-dealkylation sites (tertiary alicyclic amines) is 1. The summed E-state index contributed by atoms with van der Waals surface area (Å²) >= 11 is 0. The fraction of sp³-hybridized carbons (Fsp3) is 0.542. The highest BCUT2D eigenvalue weighted by atomic mass is 16.6. The van der Waals surface area contributed by atoms with E-state index in [2.05, 4.69) is 6.07 Å². The maximum atomic E-state index is 12.6. The van der Waals surface area contributed by atoms with E-state index in [1.807, 2.05) is 18.2 Å². The Kier molecular flexibility index (Phi) is 5.54. The zero-order valence-corrected chi connectivity index (χ0v) is 18.6. The summed E-state index contributed by atoms with van der Waals surface area (Å²) in [6, 6.07) is 7.19. The molecule has 2 heterocycles. The molecule has 7 nitrogen and oxygen atoms in total. The summed E-state index contributed by atoms with van der Waals surface area (Å²) in [4.78, 5) is 30.7. The van der Waals surface area contributed by atoms with E-state index in [1.54, 1.807) is 27.9 Å². The van der Waals surface area contributed by atoms with Crippen LogP contribution in [-0.2, 0) is 16.0 Å². The summed E-state index contributed by atoms with van der Waals surface area (Å²) in [7, 11) is 1.64. The van der Waals surface area contributed by atoms with Gasteiger partial charge in [0.2, 0.25) is 0 Å². The molecule has 31 heavy (non-hydrogen) atoms. The number of ether oxygens (including phenoxy) is 2. The quantitative estimate of drug-likeness (QED) is 0.764. The highest BCUT2D eigenvalue weighted by Crippen LogP contribution is 2.41. The van der Waals surface area contributed by atoms with E-state index in [0.29, 0.717) is 25.3 Å². The van der Waals surface area contributed by atoms with Gasteiger partial charge in [0.1, 0.15) is 17.4 Å². The Balaban J connectivity index is 1.61. The largest absolute Gasteiger partial charge is 0.497 e. The van der Waals surface area contributed by atoms with Crippen LogP contribution in [0, 0.1) is 5.92 Å². The van der Waals surface area contributed by atoms with Crippen molar-refractivity contribution in [3.8, 4) is 5.75 Å². The Morgan fingerprint density at radius 1 is 1.23 bits per heavy atom. The van der Waals surface area contributed by atoms with Crippen molar-refractivity contribution in [1.29, 1.82) is 0 Å². The number of benzene rings is 1. The summed E-state index contributed by atoms with van der Waals surface area (Å²) < 4.78 is 10.8. The van der Waals surface area contributed by atoms with Crippen LogP contribution in [0.2, 0.25) is 0 Å². The molecular weight excluding hydrogens is 396 g/mol. The highest BCUT2D eigenvalue weighted by Gasteiger charge is 2.41. The normalized spacial score (nSPS) is 21.4. The minimum absolute atomic E-state index is 0.0355. The number of hydrogen-bond acceptors (Lipinski definition) is 5. The van der Waals surface area contributed by atoms with Crippen LogP contribution >= 0.6 is 0 Å². The van der Waals surface area contributed by atoms with E-state index >= 15 is 0 Å². The Labute approximate surface area is 182 Å². The van der Waals surface area contributed by atoms with E-state index in [9.17, 15) is 14.7 Å². The zero-order valence-electron chi connectivity index (χ0n) is 18.6. The van der Waals surface area contributed by atoms with Crippen molar-refractivity contribution in [3.05, 3.63) is 35.5 Å². The van der Waals surface area contributed by atoms with Gasteiger partial charge in [-0.15, -0.1) is 0 Å². The molecule has 0 radical (unpaired) electrons. The molecule has 4 rings (SSSR count). The predicted molar refractivity (Wildman–Crippen MR) is 116 cm³/mol. The van der Waals surface area contributed by atoms with E-state index in [-0.39, 0.29) is 5.92 Å². The summed E-state index contributed by atoms with van der Waals surface area (Å²) in [5.74, 6) is 0.314. The van der Waals surface area contributed by atoms with Crippen LogP contribution < -0.4 is 4.74 Å². The number of aliphatic carboxylic acids is 1. The average Bonchev–Trinajstić information content (AvgIpc) is 3.45. The Morgan fingerprint density at radius 2 is 1.97 bits per heavy atom. The molecule has 0 spiro atoms. The molecule has 7 heteroatoms. The molecule has 2 aromatic rings. The van der Waals surface area contributed by atoms with E-state index < -0.39 is 23.7 Å². The second kappa shape index (κ2) is 8.02. The monoisotopic (exact) mass is 426 g/mol. The van der Waals surface area contributed by atoms with Gasteiger partial charge in [-0.2, -0.15) is 0 Å². The van der Waals surface area contributed by atoms with Gasteiger partial charge in [-0.05, 0) is 76.1 Å². The van der Waals surface area contributed by atoms with Crippen LogP contribution in [0.4, 0.5) is 4.79 Å². The molecule has 1 saturated carbocycles. The summed E-state index contributed by atoms with van der Waals surface area (Å²) in [6.45, 7) is 5.71. The van der Waals surface area contributed by atoms with Gasteiger partial charge < -0.3 is 14.6 Å². The number of rotatable bonds is 5. The van der Waals surface area contributed by atoms with Crippen molar-refractivity contribution in [2.45, 2.75) is 64.0 Å². The minimum Gasteiger partial charge on any atom is -0.497 e. The first kappa shape index (κ1) is 21.4. The van der Waals surface area contributed by atoms with E-state index in [4.69, 9.17) is 14.5 Å². The average molecular weight is 427 g/mol. The first-order valence-electron chi connectivity index (χ1n) is 10.8. The molecule has 2 atom stereocenters. The van der Waals surface area contributed by atoms with Crippen LogP contribution in [0.15, 0.2) is 24.3 Å². The number of methoxy groups -OCH3 is 1. The molecule has 1 aromatic heterocycles. The van der Waals surface area contributed by atoms with Crippen LogP contribution in [0.1, 0.15) is 57.2 Å². The maximum absolute atomic E-state index is 12.6. The Bertz CT molecular complexity index is 1010. The fourth-order valence-corrected chi connectivity index (χ4v) is 4.33. The lowest BCUT2D eigenvalue weighted by molar-refractivity contribution is -0.142. The third-order valence-electron chi connectivity index (χ3n) is 5.93. The molecule has 166 valence electrons. The number of aromatic nitrogens is 1. The highest BCUT2D eigenvalue weighted by molar-refractivity contribution is 5.84. The van der Waals surface area contributed by atoms with Gasteiger partial charge in [-0.25, -0.2) is 9.59 Å². The van der Waals surface area contributed by atoms with Crippen molar-refractivity contribution < 1.29 is 24.2 Å². The van der Waals surface area contributed by atoms with Crippen LogP contribution in [-0.4, -0.2) is 52.4 Å². The van der Waals surface area contributed by atoms with Crippen molar-refractivity contribution in [2.24, 2.45) is 5.92 Å². The van der Waals surface area contributed by atoms with Crippen LogP contribution in [0.25, 0.3) is 10.9 Å². The number of carbonyl (C=O) groups excluding carboxylic acids is 1. The van der Waals surface area contributed by atoms with Crippen LogP contribution in [0.5, 0.6) is 5.75 Å². The van der Waals surface area contributed by atoms with Gasteiger partial charge in [-0.1, -0.05) is 0 Å². The lowest BCUT2D eigenvalue weighted by atomic mass is 9.93. The van der Waals surface area contributed by atoms with E-state index in [0.717, 1.165) is 40.8 Å². The van der Waals surface area contributed by atoms with Crippen molar-refractivity contribution in [2.75, 3.05) is 13.7 Å². The summed E-state index contributed by atoms with van der Waals surface area (Å²) in [5, 5.41) is 10.7. The number of carbonyl (C=O) groups is 2. The molecule has 0 unspecified atom stereocenters. The first-order chi connectivity index (χ1) is 14.6. The topological polar surface area (TPSA) is 89.0 Å². The number of hydrogen-bond donors (Lipinski definition) is 1. The molecule has 1 saturated heterocycles. The third kappa shape index (κ3) is 4.75. The molecule has 2 fully saturated rings. The van der Waals surface area contributed by atoms with Gasteiger partial charge in [0.25, 0.3) is 0 Å². The molecule has 1 aromatic carbocycles. The molecule has 0 bridgehead atoms. The standard InChI is InChI=1S/C24H30N2O5/c1-24(2,3)31-23(29)26-13-14(10-21(26)22(27)28)9-16-11-19(15-5-6-15)25-20-12-17(30-4)7-8-18(16)20/h7-8,11-12,14-15,21H,5-6,9-10,13H2,1-4H3,(H,27,28)/t14-,21+/m1/s1. The van der Waals surface area contributed by atoms with Crippen LogP contribution in [0.3, 0.4) is 0 Å². The summed E-state index contributed by atoms with van der Waals surface area (Å²) in [6.07, 6.45) is 2.84. The van der Waals surface area contributed by atoms with Gasteiger partial charge in [-0.3, -0.25) is 9.88 Å². The lowest BCUT2D eigenvalue weighted by Gasteiger charge is -2.26. The number of amides is 1. The van der Waals surface area contributed by atoms with Gasteiger partial charge in [0.05, 0.1) is 12.6 Å².